The second kappa shape index (κ2) is 5.25. The Bertz CT molecular complexity index is 249. The fraction of sp³-hybridized carbons (Fsp3) is 1.00. The van der Waals surface area contributed by atoms with E-state index in [1.807, 2.05) is 0 Å². The molecule has 0 aromatic rings. The summed E-state index contributed by atoms with van der Waals surface area (Å²) in [6.07, 6.45) is 5.25. The quantitative estimate of drug-likeness (QED) is 0.682. The molecule has 2 aliphatic carbocycles. The molecule has 17 heavy (non-hydrogen) atoms. The maximum absolute atomic E-state index is 9.77. The molecule has 2 saturated carbocycles. The van der Waals surface area contributed by atoms with Crippen molar-refractivity contribution in [2.75, 3.05) is 13.2 Å². The Balaban J connectivity index is 1.89. The lowest BCUT2D eigenvalue weighted by Gasteiger charge is -2.35. The number of aliphatic hydroxyl groups is 1. The first kappa shape index (κ1) is 13.3. The van der Waals surface area contributed by atoms with Crippen LogP contribution in [0.4, 0.5) is 0 Å². The number of aliphatic hydroxyl groups excluding tert-OH is 1. The Morgan fingerprint density at radius 2 is 1.88 bits per heavy atom. The van der Waals surface area contributed by atoms with Crippen molar-refractivity contribution in [2.24, 2.45) is 11.8 Å². The van der Waals surface area contributed by atoms with E-state index >= 15 is 0 Å². The van der Waals surface area contributed by atoms with E-state index in [1.54, 1.807) is 0 Å². The van der Waals surface area contributed by atoms with Crippen LogP contribution >= 0.6 is 0 Å². The normalized spacial score (nSPS) is 25.9. The Labute approximate surface area is 105 Å². The standard InChI is InChI=1S/C14H27NO2/c1-10(2)11(3)17-9-14(8-16,12-4-5-12)15-13-6-7-13/h10-13,15-16H,4-9H2,1-3H3. The van der Waals surface area contributed by atoms with Gasteiger partial charge in [-0.3, -0.25) is 0 Å². The summed E-state index contributed by atoms with van der Waals surface area (Å²) in [4.78, 5) is 0. The van der Waals surface area contributed by atoms with E-state index in [1.165, 1.54) is 25.7 Å². The van der Waals surface area contributed by atoms with E-state index in [-0.39, 0.29) is 18.2 Å². The zero-order chi connectivity index (χ0) is 12.5. The van der Waals surface area contributed by atoms with Gasteiger partial charge in [-0.1, -0.05) is 13.8 Å². The second-order valence-corrected chi connectivity index (χ2v) is 6.27. The van der Waals surface area contributed by atoms with Crippen LogP contribution in [0.25, 0.3) is 0 Å². The molecular weight excluding hydrogens is 214 g/mol. The van der Waals surface area contributed by atoms with Crippen LogP contribution in [0.5, 0.6) is 0 Å². The zero-order valence-electron chi connectivity index (χ0n) is 11.4. The average molecular weight is 241 g/mol. The van der Waals surface area contributed by atoms with Crippen LogP contribution in [-0.4, -0.2) is 36.0 Å². The van der Waals surface area contributed by atoms with Crippen LogP contribution in [0.1, 0.15) is 46.5 Å². The first-order valence-corrected chi connectivity index (χ1v) is 7.07. The molecule has 3 heteroatoms. The summed E-state index contributed by atoms with van der Waals surface area (Å²) < 4.78 is 5.97. The van der Waals surface area contributed by atoms with Crippen LogP contribution in [0, 0.1) is 11.8 Å². The number of hydrogen-bond donors (Lipinski definition) is 2. The zero-order valence-corrected chi connectivity index (χ0v) is 11.4. The van der Waals surface area contributed by atoms with Gasteiger partial charge in [0.1, 0.15) is 0 Å². The molecule has 2 N–H and O–H groups in total. The Hall–Kier alpha value is -0.120. The molecule has 2 unspecified atom stereocenters. The van der Waals surface area contributed by atoms with Crippen LogP contribution < -0.4 is 5.32 Å². The summed E-state index contributed by atoms with van der Waals surface area (Å²) in [5.41, 5.74) is -0.162. The minimum Gasteiger partial charge on any atom is -0.394 e. The molecule has 0 bridgehead atoms. The van der Waals surface area contributed by atoms with Gasteiger partial charge in [0.25, 0.3) is 0 Å². The van der Waals surface area contributed by atoms with Crippen LogP contribution in [-0.2, 0) is 4.74 Å². The highest BCUT2D eigenvalue weighted by molar-refractivity contribution is 5.04. The maximum atomic E-state index is 9.77. The number of nitrogens with one attached hydrogen (secondary N) is 1. The number of rotatable bonds is 8. The molecule has 0 saturated heterocycles. The minimum absolute atomic E-state index is 0.162. The first-order valence-electron chi connectivity index (χ1n) is 7.07. The molecule has 2 aliphatic rings. The lowest BCUT2D eigenvalue weighted by molar-refractivity contribution is -0.0286. The van der Waals surface area contributed by atoms with Crippen LogP contribution in [0.3, 0.4) is 0 Å². The van der Waals surface area contributed by atoms with E-state index in [2.05, 4.69) is 26.1 Å². The third kappa shape index (κ3) is 3.43. The van der Waals surface area contributed by atoms with Gasteiger partial charge in [-0.05, 0) is 44.4 Å². The summed E-state index contributed by atoms with van der Waals surface area (Å²) in [6, 6.07) is 0.626. The van der Waals surface area contributed by atoms with Crippen molar-refractivity contribution in [2.45, 2.75) is 64.1 Å². The van der Waals surface area contributed by atoms with Gasteiger partial charge < -0.3 is 15.2 Å². The van der Waals surface area contributed by atoms with Gasteiger partial charge in [0.05, 0.1) is 24.9 Å². The van der Waals surface area contributed by atoms with E-state index in [9.17, 15) is 5.11 Å². The van der Waals surface area contributed by atoms with Crippen molar-refractivity contribution >= 4 is 0 Å². The molecule has 0 aromatic carbocycles. The van der Waals surface area contributed by atoms with Crippen molar-refractivity contribution in [3.05, 3.63) is 0 Å². The highest BCUT2D eigenvalue weighted by Crippen LogP contribution is 2.41. The SMILES string of the molecule is CC(C)C(C)OCC(CO)(NC1CC1)C1CC1. The second-order valence-electron chi connectivity index (χ2n) is 6.27. The summed E-state index contributed by atoms with van der Waals surface area (Å²) >= 11 is 0. The molecule has 2 rings (SSSR count). The smallest absolute Gasteiger partial charge is 0.0681 e. The van der Waals surface area contributed by atoms with Gasteiger partial charge in [-0.2, -0.15) is 0 Å². The molecule has 0 heterocycles. The van der Waals surface area contributed by atoms with Crippen LogP contribution in [0.2, 0.25) is 0 Å². The molecular formula is C14H27NO2. The summed E-state index contributed by atoms with van der Waals surface area (Å²) in [7, 11) is 0. The van der Waals surface area contributed by atoms with Gasteiger partial charge in [-0.25, -0.2) is 0 Å². The van der Waals surface area contributed by atoms with Crippen LogP contribution in [0.15, 0.2) is 0 Å². The average Bonchev–Trinajstić information content (AvgIpc) is 3.15. The predicted molar refractivity (Wildman–Crippen MR) is 69.0 cm³/mol. The van der Waals surface area contributed by atoms with Crippen molar-refractivity contribution < 1.29 is 9.84 Å². The molecule has 0 spiro atoms. The van der Waals surface area contributed by atoms with Gasteiger partial charge in [0, 0.05) is 6.04 Å². The predicted octanol–water partition coefficient (Wildman–Crippen LogP) is 1.94. The van der Waals surface area contributed by atoms with Gasteiger partial charge in [-0.15, -0.1) is 0 Å². The molecule has 0 aliphatic heterocycles. The molecule has 0 amide bonds. The lowest BCUT2D eigenvalue weighted by Crippen LogP contribution is -2.55. The lowest BCUT2D eigenvalue weighted by atomic mass is 9.94. The van der Waals surface area contributed by atoms with E-state index in [0.717, 1.165) is 0 Å². The van der Waals surface area contributed by atoms with E-state index < -0.39 is 0 Å². The Morgan fingerprint density at radius 1 is 1.24 bits per heavy atom. The molecule has 2 atom stereocenters. The third-order valence-electron chi connectivity index (χ3n) is 4.25. The molecule has 2 fully saturated rings. The fourth-order valence-corrected chi connectivity index (χ4v) is 2.24. The number of hydrogen-bond acceptors (Lipinski definition) is 3. The Morgan fingerprint density at radius 3 is 2.29 bits per heavy atom. The highest BCUT2D eigenvalue weighted by atomic mass is 16.5. The topological polar surface area (TPSA) is 41.5 Å². The van der Waals surface area contributed by atoms with Crippen molar-refractivity contribution in [3.8, 4) is 0 Å². The molecule has 0 aromatic heterocycles. The number of ether oxygens (including phenoxy) is 1. The third-order valence-corrected chi connectivity index (χ3v) is 4.25. The van der Waals surface area contributed by atoms with Gasteiger partial charge >= 0.3 is 0 Å². The monoisotopic (exact) mass is 241 g/mol. The van der Waals surface area contributed by atoms with Gasteiger partial charge in [0.15, 0.2) is 0 Å². The van der Waals surface area contributed by atoms with E-state index in [0.29, 0.717) is 24.5 Å². The Kier molecular flexibility index (Phi) is 4.11. The summed E-state index contributed by atoms with van der Waals surface area (Å²) in [5, 5.41) is 13.4. The van der Waals surface area contributed by atoms with E-state index in [4.69, 9.17) is 4.74 Å². The van der Waals surface area contributed by atoms with Gasteiger partial charge in [0.2, 0.25) is 0 Å². The molecule has 0 radical (unpaired) electrons. The van der Waals surface area contributed by atoms with Crippen molar-refractivity contribution in [1.29, 1.82) is 0 Å². The van der Waals surface area contributed by atoms with Crippen molar-refractivity contribution in [1.82, 2.24) is 5.32 Å². The fourth-order valence-electron chi connectivity index (χ4n) is 2.24. The molecule has 3 nitrogen and oxygen atoms in total. The molecule has 100 valence electrons. The minimum atomic E-state index is -0.162. The maximum Gasteiger partial charge on any atom is 0.0681 e. The largest absolute Gasteiger partial charge is 0.394 e. The summed E-state index contributed by atoms with van der Waals surface area (Å²) in [6.45, 7) is 7.34. The van der Waals surface area contributed by atoms with Crippen molar-refractivity contribution in [3.63, 3.8) is 0 Å². The first-order chi connectivity index (χ1) is 8.07. The summed E-state index contributed by atoms with van der Waals surface area (Å²) in [5.74, 6) is 1.15. The highest BCUT2D eigenvalue weighted by Gasteiger charge is 2.47.